The fraction of sp³-hybridized carbons (Fsp3) is 0.318. The van der Waals surface area contributed by atoms with E-state index in [0.29, 0.717) is 29.5 Å². The average Bonchev–Trinajstić information content (AvgIpc) is 3.30. The van der Waals surface area contributed by atoms with Gasteiger partial charge >= 0.3 is 5.97 Å². The first kappa shape index (κ1) is 24.7. The maximum atomic E-state index is 12.7. The Balaban J connectivity index is 1.67. The van der Waals surface area contributed by atoms with Gasteiger partial charge < -0.3 is 14.0 Å². The zero-order valence-corrected chi connectivity index (χ0v) is 19.9. The summed E-state index contributed by atoms with van der Waals surface area (Å²) >= 11 is 1.49. The van der Waals surface area contributed by atoms with Crippen LogP contribution < -0.4 is 9.46 Å². The highest BCUT2D eigenvalue weighted by atomic mass is 32.2. The van der Waals surface area contributed by atoms with Crippen LogP contribution in [0.25, 0.3) is 11.4 Å². The van der Waals surface area contributed by atoms with E-state index in [1.54, 1.807) is 30.3 Å². The van der Waals surface area contributed by atoms with E-state index in [2.05, 4.69) is 14.9 Å². The molecule has 0 aliphatic heterocycles. The quantitative estimate of drug-likeness (QED) is 0.380. The predicted octanol–water partition coefficient (Wildman–Crippen LogP) is 3.28. The molecule has 0 saturated carbocycles. The van der Waals surface area contributed by atoms with Gasteiger partial charge in [0.1, 0.15) is 11.8 Å². The van der Waals surface area contributed by atoms with Crippen molar-refractivity contribution in [3.05, 3.63) is 60.5 Å². The van der Waals surface area contributed by atoms with Crippen LogP contribution in [-0.4, -0.2) is 49.2 Å². The topological polar surface area (TPSA) is 121 Å². The van der Waals surface area contributed by atoms with Gasteiger partial charge in [0, 0.05) is 0 Å². The summed E-state index contributed by atoms with van der Waals surface area (Å²) in [7, 11) is -3.89. The van der Waals surface area contributed by atoms with Crippen molar-refractivity contribution in [3.63, 3.8) is 0 Å². The largest absolute Gasteiger partial charge is 0.493 e. The molecule has 0 amide bonds. The minimum Gasteiger partial charge on any atom is -0.493 e. The third kappa shape index (κ3) is 6.80. The van der Waals surface area contributed by atoms with Gasteiger partial charge in [0.2, 0.25) is 15.8 Å². The van der Waals surface area contributed by atoms with E-state index in [1.165, 1.54) is 23.9 Å². The molecule has 0 radical (unpaired) electrons. The van der Waals surface area contributed by atoms with E-state index in [1.807, 2.05) is 25.3 Å². The molecular weight excluding hydrogens is 466 g/mol. The maximum absolute atomic E-state index is 12.7. The fourth-order valence-electron chi connectivity index (χ4n) is 2.90. The van der Waals surface area contributed by atoms with Crippen molar-refractivity contribution < 1.29 is 27.2 Å². The summed E-state index contributed by atoms with van der Waals surface area (Å²) in [6.45, 7) is 2.07. The fourth-order valence-corrected chi connectivity index (χ4v) is 4.62. The minimum atomic E-state index is -3.89. The van der Waals surface area contributed by atoms with E-state index < -0.39 is 22.0 Å². The van der Waals surface area contributed by atoms with Gasteiger partial charge in [-0.15, -0.1) is 0 Å². The van der Waals surface area contributed by atoms with Gasteiger partial charge in [-0.3, -0.25) is 4.79 Å². The summed E-state index contributed by atoms with van der Waals surface area (Å²) in [4.78, 5) is 17.0. The van der Waals surface area contributed by atoms with Crippen molar-refractivity contribution in [1.29, 1.82) is 0 Å². The lowest BCUT2D eigenvalue weighted by Gasteiger charge is -2.17. The summed E-state index contributed by atoms with van der Waals surface area (Å²) in [6.07, 6.45) is 2.14. The van der Waals surface area contributed by atoms with Crippen LogP contribution in [0.5, 0.6) is 5.75 Å². The maximum Gasteiger partial charge on any atom is 0.324 e. The molecule has 3 rings (SSSR count). The Labute approximate surface area is 196 Å². The molecule has 0 aliphatic carbocycles. The number of sulfonamides is 1. The molecule has 0 saturated heterocycles. The number of thioether (sulfide) groups is 1. The first-order valence-electron chi connectivity index (χ1n) is 10.2. The zero-order chi connectivity index (χ0) is 23.7. The molecule has 33 heavy (non-hydrogen) atoms. The van der Waals surface area contributed by atoms with Gasteiger partial charge in [0.15, 0.2) is 6.61 Å². The smallest absolute Gasteiger partial charge is 0.324 e. The van der Waals surface area contributed by atoms with Crippen molar-refractivity contribution in [1.82, 2.24) is 14.9 Å². The third-order valence-corrected chi connectivity index (χ3v) is 6.61. The van der Waals surface area contributed by atoms with Crippen LogP contribution in [0.1, 0.15) is 19.2 Å². The average molecular weight is 492 g/mol. The summed E-state index contributed by atoms with van der Waals surface area (Å²) in [6, 6.07) is 14.0. The van der Waals surface area contributed by atoms with E-state index >= 15 is 0 Å². The first-order chi connectivity index (χ1) is 15.9. The van der Waals surface area contributed by atoms with E-state index in [-0.39, 0.29) is 23.8 Å². The number of carbonyl (C=O) groups is 1. The normalized spacial score (nSPS) is 12.3. The monoisotopic (exact) mass is 491 g/mol. The highest BCUT2D eigenvalue weighted by Gasteiger charge is 2.27. The Morgan fingerprint density at radius 1 is 1.15 bits per heavy atom. The molecule has 3 aromatic rings. The standard InChI is InChI=1S/C22H25N3O6S2/c1-3-29-19-12-8-7-11-17(19)21-23-20(31-24-21)15-30-22(26)18(13-14-32-2)25-33(27,28)16-9-5-4-6-10-16/h4-12,18,25H,3,13-15H2,1-2H3. The number of nitrogens with zero attached hydrogens (tertiary/aromatic N) is 2. The molecule has 1 unspecified atom stereocenters. The third-order valence-electron chi connectivity index (χ3n) is 4.48. The number of para-hydroxylation sites is 1. The predicted molar refractivity (Wildman–Crippen MR) is 124 cm³/mol. The molecule has 1 N–H and O–H groups in total. The Morgan fingerprint density at radius 2 is 1.88 bits per heavy atom. The van der Waals surface area contributed by atoms with Crippen LogP contribution in [0.15, 0.2) is 64.0 Å². The van der Waals surface area contributed by atoms with Crippen molar-refractivity contribution >= 4 is 27.8 Å². The highest BCUT2D eigenvalue weighted by molar-refractivity contribution is 7.98. The van der Waals surface area contributed by atoms with Gasteiger partial charge in [-0.1, -0.05) is 35.5 Å². The second-order valence-corrected chi connectivity index (χ2v) is 9.52. The number of esters is 1. The van der Waals surface area contributed by atoms with E-state index in [4.69, 9.17) is 14.0 Å². The van der Waals surface area contributed by atoms with E-state index in [0.717, 1.165) is 0 Å². The minimum absolute atomic E-state index is 0.0708. The number of ether oxygens (including phenoxy) is 2. The Bertz CT molecular complexity index is 1150. The van der Waals surface area contributed by atoms with Crippen LogP contribution in [0.4, 0.5) is 0 Å². The molecule has 1 heterocycles. The SMILES string of the molecule is CCOc1ccccc1-c1noc(COC(=O)C(CCSC)NS(=O)(=O)c2ccccc2)n1. The number of nitrogens with one attached hydrogen (secondary N) is 1. The first-order valence-corrected chi connectivity index (χ1v) is 13.1. The van der Waals surface area contributed by atoms with Gasteiger partial charge in [0.05, 0.1) is 17.1 Å². The summed E-state index contributed by atoms with van der Waals surface area (Å²) in [5.41, 5.74) is 0.647. The molecule has 9 nitrogen and oxygen atoms in total. The van der Waals surface area contributed by atoms with Crippen LogP contribution in [0.3, 0.4) is 0 Å². The van der Waals surface area contributed by atoms with Crippen LogP contribution >= 0.6 is 11.8 Å². The lowest BCUT2D eigenvalue weighted by atomic mass is 10.2. The van der Waals surface area contributed by atoms with Crippen molar-refractivity contribution in [3.8, 4) is 17.1 Å². The number of hydrogen-bond acceptors (Lipinski definition) is 9. The van der Waals surface area contributed by atoms with Crippen molar-refractivity contribution in [2.45, 2.75) is 30.9 Å². The Morgan fingerprint density at radius 3 is 2.61 bits per heavy atom. The zero-order valence-electron chi connectivity index (χ0n) is 18.3. The molecule has 1 aromatic heterocycles. The van der Waals surface area contributed by atoms with Gasteiger partial charge in [-0.05, 0) is 49.6 Å². The second kappa shape index (κ2) is 11.8. The van der Waals surface area contributed by atoms with Gasteiger partial charge in [-0.2, -0.15) is 21.5 Å². The molecule has 0 spiro atoms. The molecule has 0 fully saturated rings. The number of carbonyl (C=O) groups excluding carboxylic acids is 1. The molecule has 0 bridgehead atoms. The molecular formula is C22H25N3O6S2. The molecule has 0 aliphatic rings. The lowest BCUT2D eigenvalue weighted by molar-refractivity contribution is -0.147. The Hall–Kier alpha value is -2.89. The summed E-state index contributed by atoms with van der Waals surface area (Å²) in [5, 5.41) is 3.93. The van der Waals surface area contributed by atoms with Crippen molar-refractivity contribution in [2.24, 2.45) is 0 Å². The molecule has 2 aromatic carbocycles. The van der Waals surface area contributed by atoms with Gasteiger partial charge in [-0.25, -0.2) is 8.42 Å². The van der Waals surface area contributed by atoms with E-state index in [9.17, 15) is 13.2 Å². The molecule has 1 atom stereocenters. The number of benzene rings is 2. The molecule has 11 heteroatoms. The van der Waals surface area contributed by atoms with Crippen molar-refractivity contribution in [2.75, 3.05) is 18.6 Å². The Kier molecular flexibility index (Phi) is 8.87. The van der Waals surface area contributed by atoms with Crippen LogP contribution in [0.2, 0.25) is 0 Å². The molecule has 176 valence electrons. The second-order valence-electron chi connectivity index (χ2n) is 6.82. The number of hydrogen-bond donors (Lipinski definition) is 1. The highest BCUT2D eigenvalue weighted by Crippen LogP contribution is 2.27. The van der Waals surface area contributed by atoms with Crippen LogP contribution in [-0.2, 0) is 26.2 Å². The lowest BCUT2D eigenvalue weighted by Crippen LogP contribution is -2.42. The number of rotatable bonds is 12. The van der Waals surface area contributed by atoms with Gasteiger partial charge in [0.25, 0.3) is 5.89 Å². The summed E-state index contributed by atoms with van der Waals surface area (Å²) in [5.74, 6) is 0.832. The summed E-state index contributed by atoms with van der Waals surface area (Å²) < 4.78 is 43.8. The number of aromatic nitrogens is 2. The van der Waals surface area contributed by atoms with Crippen LogP contribution in [0, 0.1) is 0 Å².